The van der Waals surface area contributed by atoms with Gasteiger partial charge in [0.2, 0.25) is 0 Å². The van der Waals surface area contributed by atoms with Gasteiger partial charge < -0.3 is 5.11 Å². The van der Waals surface area contributed by atoms with Crippen molar-refractivity contribution in [3.05, 3.63) is 65.0 Å². The molecule has 2 aromatic rings. The van der Waals surface area contributed by atoms with Crippen molar-refractivity contribution in [3.8, 4) is 0 Å². The zero-order valence-corrected chi connectivity index (χ0v) is 12.6. The molecule has 3 heteroatoms. The average molecular weight is 290 g/mol. The highest BCUT2D eigenvalue weighted by molar-refractivity contribution is 7.99. The number of hydrogen-bond donors (Lipinski definition) is 1. The van der Waals surface area contributed by atoms with E-state index in [1.807, 2.05) is 6.07 Å². The molecule has 0 aromatic heterocycles. The third-order valence-electron chi connectivity index (χ3n) is 2.99. The highest BCUT2D eigenvalue weighted by atomic mass is 32.2. The summed E-state index contributed by atoms with van der Waals surface area (Å²) in [5, 5.41) is 10.1. The molecule has 0 saturated heterocycles. The first-order valence-electron chi connectivity index (χ1n) is 6.66. The summed E-state index contributed by atoms with van der Waals surface area (Å²) in [6, 6.07) is 12.8. The van der Waals surface area contributed by atoms with Crippen LogP contribution in [0.15, 0.2) is 47.4 Å². The lowest BCUT2D eigenvalue weighted by molar-refractivity contribution is 0.200. The number of aliphatic hydroxyl groups excluding tert-OH is 1. The van der Waals surface area contributed by atoms with Crippen LogP contribution in [0.4, 0.5) is 4.39 Å². The summed E-state index contributed by atoms with van der Waals surface area (Å²) >= 11 is 1.48. The predicted molar refractivity (Wildman–Crippen MR) is 82.8 cm³/mol. The minimum atomic E-state index is -0.426. The van der Waals surface area contributed by atoms with Crippen LogP contribution in [0, 0.1) is 19.7 Å². The molecule has 0 amide bonds. The molecular weight excluding hydrogens is 271 g/mol. The van der Waals surface area contributed by atoms with Crippen molar-refractivity contribution in [2.24, 2.45) is 0 Å². The molecule has 106 valence electrons. The zero-order chi connectivity index (χ0) is 14.5. The van der Waals surface area contributed by atoms with E-state index in [0.717, 1.165) is 10.5 Å². The Hall–Kier alpha value is -1.32. The lowest BCUT2D eigenvalue weighted by Gasteiger charge is -2.11. The van der Waals surface area contributed by atoms with E-state index in [1.54, 1.807) is 6.07 Å². The Balaban J connectivity index is 1.90. The fourth-order valence-electron chi connectivity index (χ4n) is 2.27. The van der Waals surface area contributed by atoms with Crippen molar-refractivity contribution < 1.29 is 9.50 Å². The van der Waals surface area contributed by atoms with Gasteiger partial charge in [0.25, 0.3) is 0 Å². The average Bonchev–Trinajstić information content (AvgIpc) is 2.35. The molecule has 0 fully saturated rings. The smallest absolute Gasteiger partial charge is 0.124 e. The maximum Gasteiger partial charge on any atom is 0.124 e. The summed E-state index contributed by atoms with van der Waals surface area (Å²) in [7, 11) is 0. The van der Waals surface area contributed by atoms with E-state index in [1.165, 1.54) is 35.0 Å². The summed E-state index contributed by atoms with van der Waals surface area (Å²) < 4.78 is 13.1. The molecule has 2 rings (SSSR count). The third kappa shape index (κ3) is 4.66. The number of thioether (sulfide) groups is 1. The van der Waals surface area contributed by atoms with Gasteiger partial charge in [-0.2, -0.15) is 0 Å². The van der Waals surface area contributed by atoms with Gasteiger partial charge in [0.15, 0.2) is 0 Å². The van der Waals surface area contributed by atoms with Crippen LogP contribution in [0.2, 0.25) is 0 Å². The second-order valence-electron chi connectivity index (χ2n) is 5.12. The fourth-order valence-corrected chi connectivity index (χ4v) is 3.14. The van der Waals surface area contributed by atoms with E-state index >= 15 is 0 Å². The summed E-state index contributed by atoms with van der Waals surface area (Å²) in [5.41, 5.74) is 3.57. The van der Waals surface area contributed by atoms with Crippen molar-refractivity contribution in [1.29, 1.82) is 0 Å². The van der Waals surface area contributed by atoms with E-state index in [-0.39, 0.29) is 5.82 Å². The number of aryl methyl sites for hydroxylation is 2. The topological polar surface area (TPSA) is 20.2 Å². The van der Waals surface area contributed by atoms with Gasteiger partial charge in [-0.05, 0) is 44.0 Å². The lowest BCUT2D eigenvalue weighted by atomic mass is 10.0. The summed E-state index contributed by atoms with van der Waals surface area (Å²) in [4.78, 5) is 0.851. The summed E-state index contributed by atoms with van der Waals surface area (Å²) in [5.74, 6) is 0.329. The quantitative estimate of drug-likeness (QED) is 0.835. The number of benzene rings is 2. The molecule has 0 heterocycles. The largest absolute Gasteiger partial charge is 0.392 e. The summed E-state index contributed by atoms with van der Waals surface area (Å²) in [6.07, 6.45) is 0.203. The van der Waals surface area contributed by atoms with Crippen molar-refractivity contribution in [1.82, 2.24) is 0 Å². The molecule has 0 aliphatic carbocycles. The Labute approximate surface area is 123 Å². The Morgan fingerprint density at radius 1 is 1.10 bits per heavy atom. The molecule has 20 heavy (non-hydrogen) atoms. The van der Waals surface area contributed by atoms with Gasteiger partial charge in [-0.25, -0.2) is 4.39 Å². The maximum atomic E-state index is 13.1. The molecule has 2 aromatic carbocycles. The first-order valence-corrected chi connectivity index (χ1v) is 7.65. The molecule has 0 radical (unpaired) electrons. The summed E-state index contributed by atoms with van der Waals surface area (Å²) in [6.45, 7) is 4.12. The lowest BCUT2D eigenvalue weighted by Crippen LogP contribution is -2.13. The number of rotatable bonds is 5. The van der Waals surface area contributed by atoms with Crippen LogP contribution in [0.25, 0.3) is 0 Å². The van der Waals surface area contributed by atoms with Gasteiger partial charge in [0, 0.05) is 10.6 Å². The first kappa shape index (κ1) is 15.1. The fraction of sp³-hybridized carbons (Fsp3) is 0.294. The van der Waals surface area contributed by atoms with Crippen LogP contribution in [0.3, 0.4) is 0 Å². The van der Waals surface area contributed by atoms with Crippen LogP contribution in [0.5, 0.6) is 0 Å². The maximum absolute atomic E-state index is 13.1. The van der Waals surface area contributed by atoms with E-state index in [9.17, 15) is 9.50 Å². The van der Waals surface area contributed by atoms with Crippen molar-refractivity contribution in [2.75, 3.05) is 5.75 Å². The Bertz CT molecular complexity index is 563. The van der Waals surface area contributed by atoms with Crippen molar-refractivity contribution >= 4 is 11.8 Å². The van der Waals surface area contributed by atoms with Crippen LogP contribution in [-0.2, 0) is 6.42 Å². The monoisotopic (exact) mass is 290 g/mol. The normalized spacial score (nSPS) is 12.4. The van der Waals surface area contributed by atoms with Crippen molar-refractivity contribution in [2.45, 2.75) is 31.3 Å². The molecule has 1 atom stereocenters. The van der Waals surface area contributed by atoms with E-state index in [2.05, 4.69) is 32.0 Å². The van der Waals surface area contributed by atoms with Gasteiger partial charge >= 0.3 is 0 Å². The Kier molecular flexibility index (Phi) is 5.21. The predicted octanol–water partition coefficient (Wildman–Crippen LogP) is 4.14. The van der Waals surface area contributed by atoms with Gasteiger partial charge in [-0.15, -0.1) is 11.8 Å². The first-order chi connectivity index (χ1) is 9.52. The van der Waals surface area contributed by atoms with E-state index in [4.69, 9.17) is 0 Å². The number of aliphatic hydroxyl groups is 1. The molecule has 0 aliphatic rings. The second kappa shape index (κ2) is 6.91. The van der Waals surface area contributed by atoms with Gasteiger partial charge in [-0.1, -0.05) is 35.4 Å². The second-order valence-corrected chi connectivity index (χ2v) is 6.22. The number of halogens is 1. The van der Waals surface area contributed by atoms with Gasteiger partial charge in [-0.3, -0.25) is 0 Å². The third-order valence-corrected chi connectivity index (χ3v) is 4.13. The SMILES string of the molecule is Cc1cc(C)cc(CC(O)CSc2cccc(F)c2)c1. The van der Waals surface area contributed by atoms with E-state index < -0.39 is 6.10 Å². The zero-order valence-electron chi connectivity index (χ0n) is 11.8. The number of hydrogen-bond acceptors (Lipinski definition) is 2. The molecule has 1 unspecified atom stereocenters. The van der Waals surface area contributed by atoms with Crippen LogP contribution >= 0.6 is 11.8 Å². The molecule has 0 saturated carbocycles. The van der Waals surface area contributed by atoms with Crippen LogP contribution in [-0.4, -0.2) is 17.0 Å². The van der Waals surface area contributed by atoms with E-state index in [0.29, 0.717) is 12.2 Å². The van der Waals surface area contributed by atoms with Gasteiger partial charge in [0.05, 0.1) is 6.10 Å². The molecular formula is C17H19FOS. The highest BCUT2D eigenvalue weighted by Gasteiger charge is 2.08. The standard InChI is InChI=1S/C17H19FOS/c1-12-6-13(2)8-14(7-12)9-16(19)11-20-17-5-3-4-15(18)10-17/h3-8,10,16,19H,9,11H2,1-2H3. The molecule has 1 nitrogen and oxygen atoms in total. The Morgan fingerprint density at radius 2 is 1.80 bits per heavy atom. The minimum Gasteiger partial charge on any atom is -0.392 e. The molecule has 0 bridgehead atoms. The molecule has 0 spiro atoms. The molecule has 0 aliphatic heterocycles. The van der Waals surface area contributed by atoms with Crippen LogP contribution in [0.1, 0.15) is 16.7 Å². The van der Waals surface area contributed by atoms with Crippen molar-refractivity contribution in [3.63, 3.8) is 0 Å². The highest BCUT2D eigenvalue weighted by Crippen LogP contribution is 2.21. The Morgan fingerprint density at radius 3 is 2.45 bits per heavy atom. The van der Waals surface area contributed by atoms with Crippen LogP contribution < -0.4 is 0 Å². The molecule has 1 N–H and O–H groups in total. The minimum absolute atomic E-state index is 0.237. The van der Waals surface area contributed by atoms with Gasteiger partial charge in [0.1, 0.15) is 5.82 Å².